The molecule has 1 aliphatic heterocycles. The predicted molar refractivity (Wildman–Crippen MR) is 83.8 cm³/mol. The van der Waals surface area contributed by atoms with Crippen LogP contribution < -0.4 is 0 Å². The Morgan fingerprint density at radius 2 is 1.85 bits per heavy atom. The van der Waals surface area contributed by atoms with Crippen LogP contribution in [0.2, 0.25) is 0 Å². The number of hydrogen-bond acceptors (Lipinski definition) is 1. The molecule has 2 aliphatic carbocycles. The monoisotopic (exact) mass is 269 g/mol. The molecule has 3 aliphatic rings. The van der Waals surface area contributed by atoms with Gasteiger partial charge in [0.05, 0.1) is 0 Å². The van der Waals surface area contributed by atoms with Crippen LogP contribution in [0.15, 0.2) is 24.3 Å². The first kappa shape index (κ1) is 12.9. The molecular weight excluding hydrogens is 242 g/mol. The summed E-state index contributed by atoms with van der Waals surface area (Å²) in [6.45, 7) is 3.88. The Morgan fingerprint density at radius 3 is 2.70 bits per heavy atom. The van der Waals surface area contributed by atoms with E-state index in [1.807, 2.05) is 0 Å². The lowest BCUT2D eigenvalue weighted by Crippen LogP contribution is -2.48. The molecule has 0 spiro atoms. The summed E-state index contributed by atoms with van der Waals surface area (Å²) in [6.07, 6.45) is 11.4. The third-order valence-electron chi connectivity index (χ3n) is 6.14. The molecule has 4 rings (SSSR count). The van der Waals surface area contributed by atoms with E-state index < -0.39 is 0 Å². The molecule has 108 valence electrons. The van der Waals surface area contributed by atoms with E-state index in [1.165, 1.54) is 57.9 Å². The first-order valence-electron chi connectivity index (χ1n) is 8.61. The van der Waals surface area contributed by atoms with E-state index in [2.05, 4.69) is 36.1 Å². The first-order chi connectivity index (χ1) is 9.78. The van der Waals surface area contributed by atoms with Crippen LogP contribution in [-0.4, -0.2) is 17.5 Å². The van der Waals surface area contributed by atoms with Crippen LogP contribution in [0.4, 0.5) is 0 Å². The lowest BCUT2D eigenvalue weighted by atomic mass is 9.74. The number of likely N-dealkylation sites (tertiary alicyclic amines) is 1. The van der Waals surface area contributed by atoms with Crippen molar-refractivity contribution in [1.82, 2.24) is 4.90 Å². The van der Waals surface area contributed by atoms with E-state index in [0.717, 1.165) is 6.04 Å². The van der Waals surface area contributed by atoms with Gasteiger partial charge in [-0.25, -0.2) is 0 Å². The van der Waals surface area contributed by atoms with Crippen LogP contribution in [0.3, 0.4) is 0 Å². The molecule has 1 heteroatoms. The van der Waals surface area contributed by atoms with Crippen molar-refractivity contribution in [2.45, 2.75) is 70.4 Å². The normalized spacial score (nSPS) is 34.8. The summed E-state index contributed by atoms with van der Waals surface area (Å²) in [7, 11) is 0. The van der Waals surface area contributed by atoms with E-state index >= 15 is 0 Å². The Bertz CT molecular complexity index is 488. The lowest BCUT2D eigenvalue weighted by molar-refractivity contribution is -0.00554. The second-order valence-corrected chi connectivity index (χ2v) is 7.57. The highest BCUT2D eigenvalue weighted by Crippen LogP contribution is 2.55. The van der Waals surface area contributed by atoms with Crippen LogP contribution in [0, 0.1) is 5.41 Å². The van der Waals surface area contributed by atoms with Crippen LogP contribution in [0.25, 0.3) is 0 Å². The fourth-order valence-electron chi connectivity index (χ4n) is 5.27. The van der Waals surface area contributed by atoms with Crippen LogP contribution in [0.1, 0.15) is 69.0 Å². The second-order valence-electron chi connectivity index (χ2n) is 7.57. The molecule has 0 amide bonds. The van der Waals surface area contributed by atoms with Gasteiger partial charge in [0.15, 0.2) is 0 Å². The van der Waals surface area contributed by atoms with Gasteiger partial charge in [0, 0.05) is 12.1 Å². The zero-order chi connectivity index (χ0) is 13.6. The highest BCUT2D eigenvalue weighted by molar-refractivity contribution is 5.38. The minimum atomic E-state index is 0.499. The smallest absolute Gasteiger partial charge is 0.0410 e. The van der Waals surface area contributed by atoms with Gasteiger partial charge in [-0.1, -0.05) is 50.5 Å². The van der Waals surface area contributed by atoms with Crippen molar-refractivity contribution in [3.8, 4) is 0 Å². The lowest BCUT2D eigenvalue weighted by Gasteiger charge is -2.49. The van der Waals surface area contributed by atoms with Gasteiger partial charge < -0.3 is 0 Å². The number of piperidine rings is 1. The molecule has 2 fully saturated rings. The molecule has 0 radical (unpaired) electrons. The van der Waals surface area contributed by atoms with Gasteiger partial charge in [-0.3, -0.25) is 4.90 Å². The Kier molecular flexibility index (Phi) is 3.14. The molecule has 20 heavy (non-hydrogen) atoms. The third kappa shape index (κ3) is 1.94. The average molecular weight is 269 g/mol. The molecule has 0 unspecified atom stereocenters. The van der Waals surface area contributed by atoms with Gasteiger partial charge in [0.2, 0.25) is 0 Å². The Labute approximate surface area is 123 Å². The summed E-state index contributed by atoms with van der Waals surface area (Å²) in [6, 6.07) is 10.8. The fraction of sp³-hybridized carbons (Fsp3) is 0.684. The molecule has 1 heterocycles. The molecule has 1 aromatic rings. The SMILES string of the molecule is C[C@]12CCCN(C3CCCCC3)[C@H]1c1ccccc1C2. The number of nitrogens with zero attached hydrogens (tertiary/aromatic N) is 1. The van der Waals surface area contributed by atoms with Crippen molar-refractivity contribution in [3.63, 3.8) is 0 Å². The topological polar surface area (TPSA) is 3.24 Å². The largest absolute Gasteiger partial charge is 0.293 e. The number of benzene rings is 1. The van der Waals surface area contributed by atoms with Crippen LogP contribution in [0.5, 0.6) is 0 Å². The highest BCUT2D eigenvalue weighted by atomic mass is 15.2. The van der Waals surface area contributed by atoms with E-state index in [0.29, 0.717) is 11.5 Å². The van der Waals surface area contributed by atoms with Gasteiger partial charge in [-0.15, -0.1) is 0 Å². The minimum Gasteiger partial charge on any atom is -0.293 e. The van der Waals surface area contributed by atoms with E-state index in [1.54, 1.807) is 11.1 Å². The average Bonchev–Trinajstić information content (AvgIpc) is 2.80. The van der Waals surface area contributed by atoms with Crippen molar-refractivity contribution in [2.24, 2.45) is 5.41 Å². The quantitative estimate of drug-likeness (QED) is 0.713. The Hall–Kier alpha value is -0.820. The Balaban J connectivity index is 1.70. The standard InChI is InChI=1S/C19H27N/c1-19-12-7-13-20(16-9-3-2-4-10-16)18(19)17-11-6-5-8-15(17)14-19/h5-6,8,11,16,18H,2-4,7,9-10,12-14H2,1H3/t18-,19+/m0/s1. The van der Waals surface area contributed by atoms with E-state index in [-0.39, 0.29) is 0 Å². The molecule has 1 nitrogen and oxygen atoms in total. The van der Waals surface area contributed by atoms with Crippen LogP contribution >= 0.6 is 0 Å². The van der Waals surface area contributed by atoms with Gasteiger partial charge in [-0.05, 0) is 55.2 Å². The van der Waals surface area contributed by atoms with Gasteiger partial charge >= 0.3 is 0 Å². The molecule has 0 aromatic heterocycles. The third-order valence-corrected chi connectivity index (χ3v) is 6.14. The van der Waals surface area contributed by atoms with Crippen molar-refractivity contribution in [3.05, 3.63) is 35.4 Å². The maximum absolute atomic E-state index is 2.91. The minimum absolute atomic E-state index is 0.499. The molecule has 1 saturated heterocycles. The first-order valence-corrected chi connectivity index (χ1v) is 8.61. The van der Waals surface area contributed by atoms with Crippen molar-refractivity contribution in [2.75, 3.05) is 6.54 Å². The summed E-state index contributed by atoms with van der Waals surface area (Å²) in [5.74, 6) is 0. The summed E-state index contributed by atoms with van der Waals surface area (Å²) >= 11 is 0. The van der Waals surface area contributed by atoms with E-state index in [4.69, 9.17) is 0 Å². The molecule has 1 aromatic carbocycles. The van der Waals surface area contributed by atoms with Crippen LogP contribution in [-0.2, 0) is 6.42 Å². The van der Waals surface area contributed by atoms with Gasteiger partial charge in [0.25, 0.3) is 0 Å². The molecule has 0 bridgehead atoms. The summed E-state index contributed by atoms with van der Waals surface area (Å²) in [4.78, 5) is 2.91. The maximum atomic E-state index is 2.91. The van der Waals surface area contributed by atoms with Gasteiger partial charge in [-0.2, -0.15) is 0 Å². The summed E-state index contributed by atoms with van der Waals surface area (Å²) in [5, 5.41) is 0. The molecule has 2 atom stereocenters. The molecular formula is C19H27N. The number of fused-ring (bicyclic) bond motifs is 3. The zero-order valence-electron chi connectivity index (χ0n) is 12.8. The highest BCUT2D eigenvalue weighted by Gasteiger charge is 2.48. The summed E-state index contributed by atoms with van der Waals surface area (Å²) < 4.78 is 0. The van der Waals surface area contributed by atoms with Crippen molar-refractivity contribution >= 4 is 0 Å². The van der Waals surface area contributed by atoms with E-state index in [9.17, 15) is 0 Å². The molecule has 1 saturated carbocycles. The van der Waals surface area contributed by atoms with Crippen molar-refractivity contribution < 1.29 is 0 Å². The van der Waals surface area contributed by atoms with Crippen molar-refractivity contribution in [1.29, 1.82) is 0 Å². The second kappa shape index (κ2) is 4.87. The fourth-order valence-corrected chi connectivity index (χ4v) is 5.27. The molecule has 0 N–H and O–H groups in total. The maximum Gasteiger partial charge on any atom is 0.0410 e. The zero-order valence-corrected chi connectivity index (χ0v) is 12.8. The number of hydrogen-bond donors (Lipinski definition) is 0. The Morgan fingerprint density at radius 1 is 1.05 bits per heavy atom. The van der Waals surface area contributed by atoms with Gasteiger partial charge in [0.1, 0.15) is 0 Å². The predicted octanol–water partition coefficient (Wildman–Crippen LogP) is 4.72. The summed E-state index contributed by atoms with van der Waals surface area (Å²) in [5.41, 5.74) is 3.78. The number of rotatable bonds is 1.